The molecular formula is C18H16N4O. The van der Waals surface area contributed by atoms with Crippen molar-refractivity contribution in [1.29, 1.82) is 0 Å². The first kappa shape index (κ1) is 14.7. The highest BCUT2D eigenvalue weighted by molar-refractivity contribution is 6.04. The highest BCUT2D eigenvalue weighted by atomic mass is 16.1. The number of benzene rings is 1. The summed E-state index contributed by atoms with van der Waals surface area (Å²) >= 11 is 0. The lowest BCUT2D eigenvalue weighted by molar-refractivity contribution is 0.102. The van der Waals surface area contributed by atoms with E-state index in [4.69, 9.17) is 0 Å². The fourth-order valence-electron chi connectivity index (χ4n) is 2.08. The van der Waals surface area contributed by atoms with Crippen LogP contribution in [-0.2, 0) is 6.54 Å². The summed E-state index contributed by atoms with van der Waals surface area (Å²) in [5.74, 6) is -0.172. The summed E-state index contributed by atoms with van der Waals surface area (Å²) < 4.78 is 0. The van der Waals surface area contributed by atoms with Gasteiger partial charge in [0.25, 0.3) is 5.91 Å². The van der Waals surface area contributed by atoms with Crippen LogP contribution in [0.2, 0.25) is 0 Å². The van der Waals surface area contributed by atoms with Gasteiger partial charge >= 0.3 is 0 Å². The van der Waals surface area contributed by atoms with Gasteiger partial charge in [-0.05, 0) is 48.0 Å². The Morgan fingerprint density at radius 2 is 1.57 bits per heavy atom. The van der Waals surface area contributed by atoms with Crippen molar-refractivity contribution in [2.45, 2.75) is 6.54 Å². The van der Waals surface area contributed by atoms with E-state index in [-0.39, 0.29) is 5.91 Å². The Morgan fingerprint density at radius 3 is 2.22 bits per heavy atom. The summed E-state index contributed by atoms with van der Waals surface area (Å²) in [6, 6.07) is 15.0. The molecule has 0 atom stereocenters. The van der Waals surface area contributed by atoms with Crippen molar-refractivity contribution in [1.82, 2.24) is 9.97 Å². The topological polar surface area (TPSA) is 66.9 Å². The van der Waals surface area contributed by atoms with Gasteiger partial charge in [0.15, 0.2) is 0 Å². The summed E-state index contributed by atoms with van der Waals surface area (Å²) in [6.45, 7) is 0.704. The SMILES string of the molecule is O=C(Nc1ccc(NCc2cccnc2)cc1)c1cccnc1. The van der Waals surface area contributed by atoms with Crippen molar-refractivity contribution in [3.8, 4) is 0 Å². The second-order valence-corrected chi connectivity index (χ2v) is 4.99. The average Bonchev–Trinajstić information content (AvgIpc) is 2.63. The van der Waals surface area contributed by atoms with Crippen molar-refractivity contribution < 1.29 is 4.79 Å². The van der Waals surface area contributed by atoms with Crippen LogP contribution in [0.4, 0.5) is 11.4 Å². The van der Waals surface area contributed by atoms with Gasteiger partial charge in [0, 0.05) is 42.7 Å². The second kappa shape index (κ2) is 7.17. The van der Waals surface area contributed by atoms with Crippen molar-refractivity contribution in [2.75, 3.05) is 10.6 Å². The highest BCUT2D eigenvalue weighted by Crippen LogP contribution is 2.15. The molecule has 0 fully saturated rings. The van der Waals surface area contributed by atoms with Gasteiger partial charge in [-0.25, -0.2) is 0 Å². The van der Waals surface area contributed by atoms with Crippen LogP contribution >= 0.6 is 0 Å². The molecule has 3 rings (SSSR count). The lowest BCUT2D eigenvalue weighted by atomic mass is 10.2. The first-order valence-electron chi connectivity index (χ1n) is 7.25. The molecule has 2 aromatic heterocycles. The van der Waals surface area contributed by atoms with E-state index >= 15 is 0 Å². The lowest BCUT2D eigenvalue weighted by Crippen LogP contribution is -2.11. The zero-order valence-electron chi connectivity index (χ0n) is 12.4. The zero-order chi connectivity index (χ0) is 15.9. The molecule has 0 bridgehead atoms. The van der Waals surface area contributed by atoms with E-state index in [1.165, 1.54) is 0 Å². The average molecular weight is 304 g/mol. The molecule has 23 heavy (non-hydrogen) atoms. The van der Waals surface area contributed by atoms with Crippen molar-refractivity contribution in [2.24, 2.45) is 0 Å². The van der Waals surface area contributed by atoms with Crippen molar-refractivity contribution in [3.05, 3.63) is 84.4 Å². The van der Waals surface area contributed by atoms with E-state index in [0.29, 0.717) is 12.1 Å². The molecule has 0 aliphatic heterocycles. The number of amides is 1. The molecule has 0 aliphatic carbocycles. The summed E-state index contributed by atoms with van der Waals surface area (Å²) in [6.07, 6.45) is 6.76. The van der Waals surface area contributed by atoms with Gasteiger partial charge in [-0.2, -0.15) is 0 Å². The van der Waals surface area contributed by atoms with Crippen LogP contribution in [0.1, 0.15) is 15.9 Å². The Labute approximate surface area is 134 Å². The summed E-state index contributed by atoms with van der Waals surface area (Å²) in [7, 11) is 0. The Morgan fingerprint density at radius 1 is 0.870 bits per heavy atom. The Balaban J connectivity index is 1.58. The molecule has 0 saturated carbocycles. The Bertz CT molecular complexity index is 758. The third-order valence-corrected chi connectivity index (χ3v) is 3.29. The lowest BCUT2D eigenvalue weighted by Gasteiger charge is -2.08. The van der Waals surface area contributed by atoms with E-state index in [1.807, 2.05) is 42.6 Å². The molecule has 1 amide bonds. The maximum absolute atomic E-state index is 12.0. The van der Waals surface area contributed by atoms with E-state index < -0.39 is 0 Å². The van der Waals surface area contributed by atoms with Crippen molar-refractivity contribution >= 4 is 17.3 Å². The Kier molecular flexibility index (Phi) is 4.59. The summed E-state index contributed by atoms with van der Waals surface area (Å²) in [4.78, 5) is 20.1. The molecule has 2 N–H and O–H groups in total. The van der Waals surface area contributed by atoms with Crippen LogP contribution in [0.5, 0.6) is 0 Å². The fraction of sp³-hybridized carbons (Fsp3) is 0.0556. The third kappa shape index (κ3) is 4.14. The standard InChI is InChI=1S/C18H16N4O/c23-18(15-4-2-10-20-13-15)22-17-7-5-16(6-8-17)21-12-14-3-1-9-19-11-14/h1-11,13,21H,12H2,(H,22,23). The van der Waals surface area contributed by atoms with E-state index in [1.54, 1.807) is 30.7 Å². The largest absolute Gasteiger partial charge is 0.381 e. The predicted molar refractivity (Wildman–Crippen MR) is 90.2 cm³/mol. The number of nitrogens with one attached hydrogen (secondary N) is 2. The van der Waals surface area contributed by atoms with Crippen LogP contribution in [0, 0.1) is 0 Å². The predicted octanol–water partition coefficient (Wildman–Crippen LogP) is 3.34. The molecule has 5 nitrogen and oxygen atoms in total. The minimum Gasteiger partial charge on any atom is -0.381 e. The molecule has 5 heteroatoms. The van der Waals surface area contributed by atoms with Gasteiger partial charge in [0.05, 0.1) is 5.56 Å². The van der Waals surface area contributed by atoms with E-state index in [0.717, 1.165) is 16.9 Å². The van der Waals surface area contributed by atoms with Crippen LogP contribution in [0.15, 0.2) is 73.3 Å². The second-order valence-electron chi connectivity index (χ2n) is 4.99. The van der Waals surface area contributed by atoms with Gasteiger partial charge in [0.1, 0.15) is 0 Å². The molecule has 0 saturated heterocycles. The maximum Gasteiger partial charge on any atom is 0.257 e. The van der Waals surface area contributed by atoms with Crippen LogP contribution in [0.3, 0.4) is 0 Å². The van der Waals surface area contributed by atoms with Gasteiger partial charge in [-0.3, -0.25) is 14.8 Å². The third-order valence-electron chi connectivity index (χ3n) is 3.29. The van der Waals surface area contributed by atoms with Gasteiger partial charge in [-0.15, -0.1) is 0 Å². The first-order chi connectivity index (χ1) is 11.3. The molecule has 0 unspecified atom stereocenters. The quantitative estimate of drug-likeness (QED) is 0.758. The summed E-state index contributed by atoms with van der Waals surface area (Å²) in [5, 5.41) is 6.15. The van der Waals surface area contributed by atoms with Crippen LogP contribution in [0.25, 0.3) is 0 Å². The number of carbonyl (C=O) groups excluding carboxylic acids is 1. The number of anilines is 2. The molecular weight excluding hydrogens is 288 g/mol. The zero-order valence-corrected chi connectivity index (χ0v) is 12.4. The molecule has 2 heterocycles. The van der Waals surface area contributed by atoms with E-state index in [9.17, 15) is 4.79 Å². The fourth-order valence-corrected chi connectivity index (χ4v) is 2.08. The molecule has 0 radical (unpaired) electrons. The van der Waals surface area contributed by atoms with Gasteiger partial charge in [0.2, 0.25) is 0 Å². The number of hydrogen-bond acceptors (Lipinski definition) is 4. The Hall–Kier alpha value is -3.21. The minimum absolute atomic E-state index is 0.172. The minimum atomic E-state index is -0.172. The molecule has 0 aliphatic rings. The number of aromatic nitrogens is 2. The maximum atomic E-state index is 12.0. The van der Waals surface area contributed by atoms with Crippen LogP contribution < -0.4 is 10.6 Å². The number of nitrogens with zero attached hydrogens (tertiary/aromatic N) is 2. The van der Waals surface area contributed by atoms with Crippen LogP contribution in [-0.4, -0.2) is 15.9 Å². The normalized spacial score (nSPS) is 10.1. The highest BCUT2D eigenvalue weighted by Gasteiger charge is 2.05. The number of rotatable bonds is 5. The van der Waals surface area contributed by atoms with Crippen molar-refractivity contribution in [3.63, 3.8) is 0 Å². The molecule has 1 aromatic carbocycles. The monoisotopic (exact) mass is 304 g/mol. The molecule has 3 aromatic rings. The number of carbonyl (C=O) groups is 1. The number of pyridine rings is 2. The number of hydrogen-bond donors (Lipinski definition) is 2. The first-order valence-corrected chi connectivity index (χ1v) is 7.25. The smallest absolute Gasteiger partial charge is 0.257 e. The van der Waals surface area contributed by atoms with E-state index in [2.05, 4.69) is 20.6 Å². The molecule has 0 spiro atoms. The molecule has 114 valence electrons. The van der Waals surface area contributed by atoms with Gasteiger partial charge in [-0.1, -0.05) is 6.07 Å². The van der Waals surface area contributed by atoms with Gasteiger partial charge < -0.3 is 10.6 Å². The summed E-state index contributed by atoms with van der Waals surface area (Å²) in [5.41, 5.74) is 3.37.